The number of rotatable bonds is 1. The minimum Gasteiger partial charge on any atom is -0.428 e. The van der Waals surface area contributed by atoms with Gasteiger partial charge in [0.25, 0.3) is 11.9 Å². The van der Waals surface area contributed by atoms with Gasteiger partial charge in [-0.3, -0.25) is 0 Å². The lowest BCUT2D eigenvalue weighted by Gasteiger charge is -2.15. The first-order chi connectivity index (χ1) is 9.58. The summed E-state index contributed by atoms with van der Waals surface area (Å²) in [5.74, 6) is -0.300. The number of aryl methyl sites for hydroxylation is 1. The second-order valence-electron chi connectivity index (χ2n) is 5.22. The van der Waals surface area contributed by atoms with Gasteiger partial charge in [-0.15, -0.1) is 0 Å². The van der Waals surface area contributed by atoms with E-state index in [9.17, 15) is 14.5 Å². The zero-order chi connectivity index (χ0) is 14.3. The van der Waals surface area contributed by atoms with Crippen LogP contribution in [0.25, 0.3) is 11.3 Å². The zero-order valence-corrected chi connectivity index (χ0v) is 11.3. The van der Waals surface area contributed by atoms with Crippen LogP contribution in [-0.2, 0) is 12.8 Å². The lowest BCUT2D eigenvalue weighted by molar-refractivity contribution is -0.507. The maximum atomic E-state index is 13.3. The number of halogens is 1. The van der Waals surface area contributed by atoms with E-state index in [1.165, 1.54) is 12.3 Å². The summed E-state index contributed by atoms with van der Waals surface area (Å²) in [4.78, 5) is 12.1. The minimum atomic E-state index is -0.300. The summed E-state index contributed by atoms with van der Waals surface area (Å²) >= 11 is 0. The van der Waals surface area contributed by atoms with Crippen molar-refractivity contribution in [2.24, 2.45) is 0 Å². The summed E-state index contributed by atoms with van der Waals surface area (Å²) < 4.78 is 15.2. The molecule has 3 rings (SSSR count). The molecule has 0 aliphatic heterocycles. The summed E-state index contributed by atoms with van der Waals surface area (Å²) in [7, 11) is 0. The van der Waals surface area contributed by atoms with Crippen LogP contribution in [0.15, 0.2) is 24.4 Å². The molecule has 0 saturated carbocycles. The molecule has 0 saturated heterocycles. The van der Waals surface area contributed by atoms with E-state index in [-0.39, 0.29) is 5.82 Å². The second kappa shape index (κ2) is 4.74. The topological polar surface area (TPSA) is 48.1 Å². The van der Waals surface area contributed by atoms with E-state index in [1.54, 1.807) is 19.1 Å². The van der Waals surface area contributed by atoms with Gasteiger partial charge < -0.3 is 5.21 Å². The monoisotopic (exact) mass is 275 g/mol. The first-order valence-electron chi connectivity index (χ1n) is 6.73. The van der Waals surface area contributed by atoms with Crippen molar-refractivity contribution in [1.29, 1.82) is 0 Å². The Morgan fingerprint density at radius 1 is 1.30 bits per heavy atom. The van der Waals surface area contributed by atoms with Crippen molar-refractivity contribution in [3.63, 3.8) is 0 Å². The Morgan fingerprint density at radius 2 is 2.05 bits per heavy atom. The third-order valence-electron chi connectivity index (χ3n) is 3.85. The summed E-state index contributed by atoms with van der Waals surface area (Å²) in [6.45, 7) is 1.66. The molecule has 0 bridgehead atoms. The molecule has 104 valence electrons. The standard InChI is InChI=1S/C15H16FN2O2/c1-10-8-11(6-7-12(10)16)15-9-17(19)13-4-2-3-5-14(13)18(15)20/h6-9,20H,2-5H2,1H3/q+1. The van der Waals surface area contributed by atoms with Crippen molar-refractivity contribution < 1.29 is 14.0 Å². The molecule has 1 aliphatic rings. The van der Waals surface area contributed by atoms with Gasteiger partial charge >= 0.3 is 0 Å². The fraction of sp³-hybridized carbons (Fsp3) is 0.333. The van der Waals surface area contributed by atoms with Crippen molar-refractivity contribution in [3.05, 3.63) is 52.1 Å². The summed E-state index contributed by atoms with van der Waals surface area (Å²) in [6, 6.07) is 4.55. The van der Waals surface area contributed by atoms with Crippen LogP contribution in [-0.4, -0.2) is 9.94 Å². The molecule has 4 nitrogen and oxygen atoms in total. The molecule has 1 aromatic heterocycles. The van der Waals surface area contributed by atoms with Crippen molar-refractivity contribution in [2.75, 3.05) is 0 Å². The van der Waals surface area contributed by atoms with Crippen LogP contribution in [0.1, 0.15) is 29.8 Å². The van der Waals surface area contributed by atoms with Crippen molar-refractivity contribution in [2.45, 2.75) is 32.6 Å². The SMILES string of the molecule is Cc1cc(-c2c[n+](=O)c3c(n2O)CCCC3)ccc1F. The fourth-order valence-electron chi connectivity index (χ4n) is 2.73. The normalized spacial score (nSPS) is 14.1. The van der Waals surface area contributed by atoms with Crippen LogP contribution >= 0.6 is 0 Å². The summed E-state index contributed by atoms with van der Waals surface area (Å²) in [5, 5.41) is 10.3. The van der Waals surface area contributed by atoms with Crippen LogP contribution in [0.5, 0.6) is 0 Å². The Morgan fingerprint density at radius 3 is 2.80 bits per heavy atom. The minimum absolute atomic E-state index is 0.300. The molecule has 1 aliphatic carbocycles. The Bertz CT molecular complexity index is 737. The first kappa shape index (κ1) is 12.8. The highest BCUT2D eigenvalue weighted by Gasteiger charge is 2.26. The molecule has 20 heavy (non-hydrogen) atoms. The number of nitrogens with zero attached hydrogens (tertiary/aromatic N) is 2. The maximum absolute atomic E-state index is 13.3. The van der Waals surface area contributed by atoms with Gasteiger partial charge in [0.15, 0.2) is 5.69 Å². The van der Waals surface area contributed by atoms with Gasteiger partial charge in [-0.2, -0.15) is 4.73 Å². The van der Waals surface area contributed by atoms with Gasteiger partial charge in [0, 0.05) is 16.9 Å². The molecular formula is C15H16FN2O2+. The lowest BCUT2D eigenvalue weighted by atomic mass is 9.99. The first-order valence-corrected chi connectivity index (χ1v) is 6.73. The van der Waals surface area contributed by atoms with E-state index < -0.39 is 0 Å². The number of hydrogen-bond donors (Lipinski definition) is 1. The predicted octanol–water partition coefficient (Wildman–Crippen LogP) is 2.63. The highest BCUT2D eigenvalue weighted by molar-refractivity contribution is 5.59. The second-order valence-corrected chi connectivity index (χ2v) is 5.22. The Labute approximate surface area is 115 Å². The molecule has 0 radical (unpaired) electrons. The Balaban J connectivity index is 2.21. The highest BCUT2D eigenvalue weighted by Crippen LogP contribution is 2.24. The van der Waals surface area contributed by atoms with E-state index >= 15 is 0 Å². The van der Waals surface area contributed by atoms with Crippen LogP contribution in [0, 0.1) is 17.6 Å². The third kappa shape index (κ3) is 1.99. The average Bonchev–Trinajstić information content (AvgIpc) is 2.46. The molecule has 0 atom stereocenters. The molecule has 0 spiro atoms. The van der Waals surface area contributed by atoms with Gasteiger partial charge in [0.05, 0.1) is 4.43 Å². The van der Waals surface area contributed by atoms with E-state index in [0.717, 1.165) is 22.0 Å². The van der Waals surface area contributed by atoms with Gasteiger partial charge in [-0.1, -0.05) is 0 Å². The highest BCUT2D eigenvalue weighted by atomic mass is 19.1. The van der Waals surface area contributed by atoms with Crippen LogP contribution < -0.4 is 4.43 Å². The number of fused-ring (bicyclic) bond motifs is 1. The number of benzene rings is 1. The average molecular weight is 275 g/mol. The molecular weight excluding hydrogens is 259 g/mol. The molecule has 0 amide bonds. The van der Waals surface area contributed by atoms with E-state index in [1.807, 2.05) is 0 Å². The van der Waals surface area contributed by atoms with E-state index in [4.69, 9.17) is 0 Å². The third-order valence-corrected chi connectivity index (χ3v) is 3.85. The van der Waals surface area contributed by atoms with Gasteiger partial charge in [-0.05, 0) is 49.9 Å². The molecule has 1 aromatic carbocycles. The molecule has 1 N–H and O–H groups in total. The van der Waals surface area contributed by atoms with Crippen LogP contribution in [0.4, 0.5) is 4.39 Å². The van der Waals surface area contributed by atoms with Gasteiger partial charge in [0.1, 0.15) is 11.5 Å². The summed E-state index contributed by atoms with van der Waals surface area (Å²) in [6.07, 6.45) is 4.64. The Hall–Kier alpha value is -2.17. The van der Waals surface area contributed by atoms with Crippen LogP contribution in [0.2, 0.25) is 0 Å². The smallest absolute Gasteiger partial charge is 0.262 e. The number of aromatic nitrogens is 2. The Kier molecular flexibility index (Phi) is 3.04. The summed E-state index contributed by atoms with van der Waals surface area (Å²) in [5.41, 5.74) is 2.79. The van der Waals surface area contributed by atoms with Gasteiger partial charge in [0.2, 0.25) is 0 Å². The largest absolute Gasteiger partial charge is 0.428 e. The molecule has 2 aromatic rings. The van der Waals surface area contributed by atoms with E-state index in [0.29, 0.717) is 41.1 Å². The molecule has 1 heterocycles. The molecule has 0 fully saturated rings. The predicted molar refractivity (Wildman–Crippen MR) is 71.8 cm³/mol. The molecule has 0 unspecified atom stereocenters. The maximum Gasteiger partial charge on any atom is 0.262 e. The fourth-order valence-corrected chi connectivity index (χ4v) is 2.73. The molecule has 5 heteroatoms. The van der Waals surface area contributed by atoms with Crippen molar-refractivity contribution in [1.82, 2.24) is 4.73 Å². The zero-order valence-electron chi connectivity index (χ0n) is 11.3. The van der Waals surface area contributed by atoms with Crippen molar-refractivity contribution in [3.8, 4) is 11.3 Å². The number of hydrogen-bond acceptors (Lipinski definition) is 2. The van der Waals surface area contributed by atoms with Crippen LogP contribution in [0.3, 0.4) is 0 Å². The van der Waals surface area contributed by atoms with Gasteiger partial charge in [-0.25, -0.2) is 4.39 Å². The quantitative estimate of drug-likeness (QED) is 0.642. The van der Waals surface area contributed by atoms with Crippen molar-refractivity contribution >= 4 is 0 Å². The van der Waals surface area contributed by atoms with E-state index in [2.05, 4.69) is 0 Å². The lowest BCUT2D eigenvalue weighted by Crippen LogP contribution is -2.30.